The number of H-pyrrole nitrogens is 1. The molecule has 3 nitrogen and oxygen atoms in total. The van der Waals surface area contributed by atoms with Crippen LogP contribution in [0.3, 0.4) is 0 Å². The highest BCUT2D eigenvalue weighted by Crippen LogP contribution is 2.22. The molecule has 114 valence electrons. The third kappa shape index (κ3) is 3.66. The number of benzene rings is 1. The normalized spacial score (nSPS) is 16.9. The van der Waals surface area contributed by atoms with Gasteiger partial charge in [-0.3, -0.25) is 0 Å². The zero-order valence-electron chi connectivity index (χ0n) is 13.2. The lowest BCUT2D eigenvalue weighted by Gasteiger charge is -2.22. The highest BCUT2D eigenvalue weighted by Gasteiger charge is 2.12. The Kier molecular flexibility index (Phi) is 4.61. The van der Waals surface area contributed by atoms with E-state index in [0.717, 1.165) is 19.0 Å². The number of aromatic amines is 1. The Morgan fingerprint density at radius 2 is 2.00 bits per heavy atom. The number of piperidine rings is 1. The lowest BCUT2D eigenvalue weighted by atomic mass is 9.98. The van der Waals surface area contributed by atoms with E-state index in [9.17, 15) is 0 Å². The molecule has 3 heteroatoms. The molecule has 1 aromatic carbocycles. The third-order valence-electron chi connectivity index (χ3n) is 4.55. The second kappa shape index (κ2) is 6.63. The summed E-state index contributed by atoms with van der Waals surface area (Å²) in [6, 6.07) is 9.05. The van der Waals surface area contributed by atoms with Crippen LogP contribution in [0.15, 0.2) is 24.3 Å². The highest BCUT2D eigenvalue weighted by atomic mass is 14.9. The summed E-state index contributed by atoms with van der Waals surface area (Å²) in [5, 5.41) is 8.38. The van der Waals surface area contributed by atoms with Crippen molar-refractivity contribution in [2.75, 3.05) is 19.6 Å². The van der Waals surface area contributed by atoms with Gasteiger partial charge in [-0.05, 0) is 73.5 Å². The largest absolute Gasteiger partial charge is 0.358 e. The van der Waals surface area contributed by atoms with Gasteiger partial charge in [0.25, 0.3) is 0 Å². The Bertz CT molecular complexity index is 579. The molecule has 1 aliphatic heterocycles. The Labute approximate surface area is 127 Å². The number of nitrogens with one attached hydrogen (secondary N) is 3. The van der Waals surface area contributed by atoms with Crippen LogP contribution in [0.25, 0.3) is 10.9 Å². The van der Waals surface area contributed by atoms with Gasteiger partial charge in [0.15, 0.2) is 0 Å². The topological polar surface area (TPSA) is 39.8 Å². The van der Waals surface area contributed by atoms with Gasteiger partial charge < -0.3 is 15.6 Å². The SMILES string of the molecule is CC(C)c1cc2cc(CNCC3CCNCC3)ccc2[nH]1. The quantitative estimate of drug-likeness (QED) is 0.788. The van der Waals surface area contributed by atoms with E-state index in [1.54, 1.807) is 0 Å². The molecule has 1 saturated heterocycles. The molecule has 0 bridgehead atoms. The second-order valence-corrected chi connectivity index (χ2v) is 6.63. The summed E-state index contributed by atoms with van der Waals surface area (Å²) >= 11 is 0. The maximum atomic E-state index is 3.63. The molecule has 1 fully saturated rings. The smallest absolute Gasteiger partial charge is 0.0456 e. The predicted octanol–water partition coefficient (Wildman–Crippen LogP) is 3.38. The summed E-state index contributed by atoms with van der Waals surface area (Å²) < 4.78 is 0. The molecule has 21 heavy (non-hydrogen) atoms. The molecule has 0 radical (unpaired) electrons. The minimum atomic E-state index is 0.555. The van der Waals surface area contributed by atoms with E-state index in [-0.39, 0.29) is 0 Å². The van der Waals surface area contributed by atoms with Crippen molar-refractivity contribution in [2.24, 2.45) is 5.92 Å². The Hall–Kier alpha value is -1.32. The van der Waals surface area contributed by atoms with E-state index in [2.05, 4.69) is 53.7 Å². The zero-order chi connectivity index (χ0) is 14.7. The fourth-order valence-corrected chi connectivity index (χ4v) is 3.13. The standard InChI is InChI=1S/C18H27N3/c1-13(2)18-10-16-9-15(3-4-17(16)21-18)12-20-11-14-5-7-19-8-6-14/h3-4,9-10,13-14,19-21H,5-8,11-12H2,1-2H3. The predicted molar refractivity (Wildman–Crippen MR) is 89.7 cm³/mol. The summed E-state index contributed by atoms with van der Waals surface area (Å²) in [5.41, 5.74) is 3.95. The zero-order valence-corrected chi connectivity index (χ0v) is 13.2. The maximum Gasteiger partial charge on any atom is 0.0456 e. The molecule has 1 aromatic heterocycles. The van der Waals surface area contributed by atoms with Crippen molar-refractivity contribution in [2.45, 2.75) is 39.2 Å². The summed E-state index contributed by atoms with van der Waals surface area (Å²) in [5.74, 6) is 1.40. The van der Waals surface area contributed by atoms with Crippen molar-refractivity contribution < 1.29 is 0 Å². The van der Waals surface area contributed by atoms with Crippen molar-refractivity contribution in [3.63, 3.8) is 0 Å². The molecule has 0 atom stereocenters. The van der Waals surface area contributed by atoms with Crippen LogP contribution in [0.4, 0.5) is 0 Å². The number of rotatable bonds is 5. The van der Waals surface area contributed by atoms with E-state index in [0.29, 0.717) is 5.92 Å². The molecule has 0 spiro atoms. The Balaban J connectivity index is 1.58. The molecule has 0 saturated carbocycles. The lowest BCUT2D eigenvalue weighted by molar-refractivity contribution is 0.356. The van der Waals surface area contributed by atoms with Crippen molar-refractivity contribution >= 4 is 10.9 Å². The van der Waals surface area contributed by atoms with E-state index >= 15 is 0 Å². The van der Waals surface area contributed by atoms with Crippen molar-refractivity contribution in [1.82, 2.24) is 15.6 Å². The summed E-state index contributed by atoms with van der Waals surface area (Å²) in [6.07, 6.45) is 2.61. The average molecular weight is 285 g/mol. The molecule has 2 aromatic rings. The molecule has 1 aliphatic rings. The van der Waals surface area contributed by atoms with Gasteiger partial charge in [0.2, 0.25) is 0 Å². The summed E-state index contributed by atoms with van der Waals surface area (Å²) in [7, 11) is 0. The van der Waals surface area contributed by atoms with Crippen LogP contribution < -0.4 is 10.6 Å². The molecule has 3 rings (SSSR count). The molecule has 0 amide bonds. The Morgan fingerprint density at radius 3 is 2.76 bits per heavy atom. The van der Waals surface area contributed by atoms with E-state index < -0.39 is 0 Å². The number of hydrogen-bond acceptors (Lipinski definition) is 2. The molecule has 0 aliphatic carbocycles. The first-order valence-corrected chi connectivity index (χ1v) is 8.25. The minimum absolute atomic E-state index is 0.555. The van der Waals surface area contributed by atoms with E-state index in [1.165, 1.54) is 48.1 Å². The van der Waals surface area contributed by atoms with E-state index in [1.807, 2.05) is 0 Å². The van der Waals surface area contributed by atoms with Crippen LogP contribution >= 0.6 is 0 Å². The summed E-state index contributed by atoms with van der Waals surface area (Å²) in [6.45, 7) is 8.93. The van der Waals surface area contributed by atoms with E-state index in [4.69, 9.17) is 0 Å². The minimum Gasteiger partial charge on any atom is -0.358 e. The molecule has 2 heterocycles. The van der Waals surface area contributed by atoms with Gasteiger partial charge in [-0.15, -0.1) is 0 Å². The van der Waals surface area contributed by atoms with Crippen molar-refractivity contribution in [3.8, 4) is 0 Å². The van der Waals surface area contributed by atoms with Gasteiger partial charge in [-0.25, -0.2) is 0 Å². The number of fused-ring (bicyclic) bond motifs is 1. The maximum absolute atomic E-state index is 3.63. The highest BCUT2D eigenvalue weighted by molar-refractivity contribution is 5.81. The first kappa shape index (κ1) is 14.6. The van der Waals surface area contributed by atoms with Crippen molar-refractivity contribution in [1.29, 1.82) is 0 Å². The number of aromatic nitrogens is 1. The monoisotopic (exact) mass is 285 g/mol. The first-order valence-electron chi connectivity index (χ1n) is 8.25. The lowest BCUT2D eigenvalue weighted by Crippen LogP contribution is -2.33. The van der Waals surface area contributed by atoms with Crippen LogP contribution in [0.5, 0.6) is 0 Å². The summed E-state index contributed by atoms with van der Waals surface area (Å²) in [4.78, 5) is 3.50. The van der Waals surface area contributed by atoms with Gasteiger partial charge in [-0.2, -0.15) is 0 Å². The first-order chi connectivity index (χ1) is 10.2. The molecule has 0 unspecified atom stereocenters. The van der Waals surface area contributed by atoms with Crippen LogP contribution in [0.1, 0.15) is 43.9 Å². The molecular formula is C18H27N3. The second-order valence-electron chi connectivity index (χ2n) is 6.63. The van der Waals surface area contributed by atoms with Crippen LogP contribution in [0, 0.1) is 5.92 Å². The van der Waals surface area contributed by atoms with Crippen LogP contribution in [-0.2, 0) is 6.54 Å². The molecular weight excluding hydrogens is 258 g/mol. The van der Waals surface area contributed by atoms with Crippen LogP contribution in [0.2, 0.25) is 0 Å². The fourth-order valence-electron chi connectivity index (χ4n) is 3.13. The number of hydrogen-bond donors (Lipinski definition) is 3. The Morgan fingerprint density at radius 1 is 1.19 bits per heavy atom. The van der Waals surface area contributed by atoms with Gasteiger partial charge in [0.1, 0.15) is 0 Å². The van der Waals surface area contributed by atoms with Crippen molar-refractivity contribution in [3.05, 3.63) is 35.5 Å². The fraction of sp³-hybridized carbons (Fsp3) is 0.556. The van der Waals surface area contributed by atoms with Gasteiger partial charge in [0, 0.05) is 17.8 Å². The molecule has 3 N–H and O–H groups in total. The van der Waals surface area contributed by atoms with Crippen LogP contribution in [-0.4, -0.2) is 24.6 Å². The average Bonchev–Trinajstić information content (AvgIpc) is 2.92. The van der Waals surface area contributed by atoms with Gasteiger partial charge >= 0.3 is 0 Å². The third-order valence-corrected chi connectivity index (χ3v) is 4.55. The van der Waals surface area contributed by atoms with Gasteiger partial charge in [-0.1, -0.05) is 19.9 Å². The van der Waals surface area contributed by atoms with Gasteiger partial charge in [0.05, 0.1) is 0 Å².